The molecular weight excluding hydrogens is 386 g/mol. The second kappa shape index (κ2) is 7.59. The van der Waals surface area contributed by atoms with Crippen LogP contribution in [0, 0.1) is 5.92 Å². The van der Waals surface area contributed by atoms with Gasteiger partial charge in [-0.05, 0) is 49.2 Å². The molecule has 7 nitrogen and oxygen atoms in total. The number of anilines is 1. The summed E-state index contributed by atoms with van der Waals surface area (Å²) < 4.78 is 21.5. The predicted octanol–water partition coefficient (Wildman–Crippen LogP) is 3.19. The molecule has 146 valence electrons. The molecule has 2 heterocycles. The highest BCUT2D eigenvalue weighted by molar-refractivity contribution is 6.30. The van der Waals surface area contributed by atoms with Crippen LogP contribution in [0.5, 0.6) is 17.2 Å². The largest absolute Gasteiger partial charge is 0.492 e. The van der Waals surface area contributed by atoms with Crippen molar-refractivity contribution in [1.29, 1.82) is 0 Å². The third-order valence-electron chi connectivity index (χ3n) is 4.56. The number of rotatable bonds is 4. The van der Waals surface area contributed by atoms with Crippen LogP contribution in [-0.4, -0.2) is 31.4 Å². The number of esters is 1. The summed E-state index contributed by atoms with van der Waals surface area (Å²) in [6.07, 6.45) is -0.510. The number of halogens is 1. The van der Waals surface area contributed by atoms with Crippen LogP contribution in [-0.2, 0) is 20.7 Å². The topological polar surface area (TPSA) is 83.1 Å². The Balaban J connectivity index is 1.34. The van der Waals surface area contributed by atoms with Gasteiger partial charge in [-0.15, -0.1) is 0 Å². The Kier molecular flexibility index (Phi) is 5.00. The molecule has 0 aromatic heterocycles. The van der Waals surface area contributed by atoms with E-state index >= 15 is 0 Å². The Bertz CT molecular complexity index is 931. The first-order chi connectivity index (χ1) is 13.5. The molecule has 0 unspecified atom stereocenters. The van der Waals surface area contributed by atoms with E-state index in [2.05, 4.69) is 5.32 Å². The van der Waals surface area contributed by atoms with Gasteiger partial charge >= 0.3 is 5.97 Å². The highest BCUT2D eigenvalue weighted by Crippen LogP contribution is 2.34. The van der Waals surface area contributed by atoms with Crippen LogP contribution >= 0.6 is 11.6 Å². The minimum atomic E-state index is -0.960. The van der Waals surface area contributed by atoms with Crippen LogP contribution < -0.4 is 19.5 Å². The molecule has 2 aromatic rings. The summed E-state index contributed by atoms with van der Waals surface area (Å²) in [6, 6.07) is 10.3. The van der Waals surface area contributed by atoms with Gasteiger partial charge in [0.15, 0.2) is 17.6 Å². The Labute approximate surface area is 166 Å². The van der Waals surface area contributed by atoms with Crippen molar-refractivity contribution < 1.29 is 28.5 Å². The number of ether oxygens (including phenoxy) is 4. The SMILES string of the molecule is C[C@@H](OC(=O)[C@@H]1COc2ccc(Cl)cc2C1)C(=O)Nc1ccc2c(c1)OCO2. The first-order valence-corrected chi connectivity index (χ1v) is 9.19. The van der Waals surface area contributed by atoms with Crippen molar-refractivity contribution in [2.75, 3.05) is 18.7 Å². The normalized spacial score (nSPS) is 17.9. The highest BCUT2D eigenvalue weighted by Gasteiger charge is 2.30. The van der Waals surface area contributed by atoms with Crippen LogP contribution in [0.25, 0.3) is 0 Å². The van der Waals surface area contributed by atoms with Crippen LogP contribution in [0.2, 0.25) is 5.02 Å². The molecule has 2 atom stereocenters. The molecule has 0 saturated carbocycles. The lowest BCUT2D eigenvalue weighted by Gasteiger charge is -2.25. The third-order valence-corrected chi connectivity index (χ3v) is 4.80. The Morgan fingerprint density at radius 3 is 2.75 bits per heavy atom. The lowest BCUT2D eigenvalue weighted by Crippen LogP contribution is -2.36. The molecule has 0 fully saturated rings. The molecule has 0 saturated heterocycles. The van der Waals surface area contributed by atoms with Gasteiger partial charge in [-0.3, -0.25) is 9.59 Å². The van der Waals surface area contributed by atoms with E-state index in [1.807, 2.05) is 0 Å². The molecule has 2 aliphatic heterocycles. The van der Waals surface area contributed by atoms with Gasteiger partial charge in [0.05, 0.1) is 5.92 Å². The van der Waals surface area contributed by atoms with Crippen LogP contribution in [0.1, 0.15) is 12.5 Å². The lowest BCUT2D eigenvalue weighted by atomic mass is 9.97. The molecule has 0 radical (unpaired) electrons. The molecule has 0 spiro atoms. The van der Waals surface area contributed by atoms with Gasteiger partial charge in [0.25, 0.3) is 5.91 Å². The van der Waals surface area contributed by atoms with Gasteiger partial charge in [-0.2, -0.15) is 0 Å². The van der Waals surface area contributed by atoms with E-state index in [4.69, 9.17) is 30.5 Å². The number of carbonyl (C=O) groups is 2. The zero-order valence-corrected chi connectivity index (χ0v) is 15.8. The monoisotopic (exact) mass is 403 g/mol. The molecule has 8 heteroatoms. The fraction of sp³-hybridized carbons (Fsp3) is 0.300. The van der Waals surface area contributed by atoms with E-state index in [1.54, 1.807) is 36.4 Å². The summed E-state index contributed by atoms with van der Waals surface area (Å²) in [4.78, 5) is 24.8. The predicted molar refractivity (Wildman–Crippen MR) is 101 cm³/mol. The van der Waals surface area contributed by atoms with Crippen LogP contribution in [0.4, 0.5) is 5.69 Å². The fourth-order valence-corrected chi connectivity index (χ4v) is 3.25. The van der Waals surface area contributed by atoms with Crippen LogP contribution in [0.15, 0.2) is 36.4 Å². The van der Waals surface area contributed by atoms with Crippen molar-refractivity contribution in [2.45, 2.75) is 19.4 Å². The van der Waals surface area contributed by atoms with Gasteiger partial charge in [-0.1, -0.05) is 11.6 Å². The Morgan fingerprint density at radius 1 is 1.11 bits per heavy atom. The van der Waals surface area contributed by atoms with E-state index in [0.29, 0.717) is 34.4 Å². The molecule has 1 amide bonds. The number of hydrogen-bond donors (Lipinski definition) is 1. The molecule has 2 aliphatic rings. The van der Waals surface area contributed by atoms with Crippen molar-refractivity contribution >= 4 is 29.2 Å². The molecule has 1 N–H and O–H groups in total. The smallest absolute Gasteiger partial charge is 0.313 e. The molecule has 0 aliphatic carbocycles. The van der Waals surface area contributed by atoms with Gasteiger partial charge in [-0.25, -0.2) is 0 Å². The Hall–Kier alpha value is -2.93. The first-order valence-electron chi connectivity index (χ1n) is 8.82. The quantitative estimate of drug-likeness (QED) is 0.789. The van der Waals surface area contributed by atoms with E-state index in [1.165, 1.54) is 6.92 Å². The highest BCUT2D eigenvalue weighted by atomic mass is 35.5. The summed E-state index contributed by atoms with van der Waals surface area (Å²) >= 11 is 6.00. The first kappa shape index (κ1) is 18.4. The summed E-state index contributed by atoms with van der Waals surface area (Å²) in [5, 5.41) is 3.28. The van der Waals surface area contributed by atoms with Gasteiger partial charge in [0.2, 0.25) is 6.79 Å². The number of amides is 1. The zero-order valence-electron chi connectivity index (χ0n) is 15.1. The molecular formula is C20H18ClNO6. The van der Waals surface area contributed by atoms with Crippen molar-refractivity contribution in [3.05, 3.63) is 47.0 Å². The van der Waals surface area contributed by atoms with Gasteiger partial charge in [0, 0.05) is 16.8 Å². The average Bonchev–Trinajstić information content (AvgIpc) is 3.15. The maximum Gasteiger partial charge on any atom is 0.313 e. The van der Waals surface area contributed by atoms with E-state index in [-0.39, 0.29) is 13.4 Å². The molecule has 2 aromatic carbocycles. The average molecular weight is 404 g/mol. The lowest BCUT2D eigenvalue weighted by molar-refractivity contribution is -0.158. The number of hydrogen-bond acceptors (Lipinski definition) is 6. The molecule has 0 bridgehead atoms. The zero-order chi connectivity index (χ0) is 19.7. The molecule has 4 rings (SSSR count). The van der Waals surface area contributed by atoms with Crippen LogP contribution in [0.3, 0.4) is 0 Å². The number of fused-ring (bicyclic) bond motifs is 2. The standard InChI is InChI=1S/C20H18ClNO6/c1-11(19(23)22-15-3-5-17-18(8-15)27-10-26-17)28-20(24)13-6-12-7-14(21)2-4-16(12)25-9-13/h2-5,7-8,11,13H,6,9-10H2,1H3,(H,22,23)/t11-,13+/m1/s1. The minimum Gasteiger partial charge on any atom is -0.492 e. The summed E-state index contributed by atoms with van der Waals surface area (Å²) in [5.74, 6) is 0.467. The second-order valence-electron chi connectivity index (χ2n) is 6.60. The van der Waals surface area contributed by atoms with E-state index in [0.717, 1.165) is 5.56 Å². The van der Waals surface area contributed by atoms with E-state index in [9.17, 15) is 9.59 Å². The van der Waals surface area contributed by atoms with Crippen molar-refractivity contribution in [1.82, 2.24) is 0 Å². The second-order valence-corrected chi connectivity index (χ2v) is 7.04. The number of benzene rings is 2. The maximum absolute atomic E-state index is 12.5. The Morgan fingerprint density at radius 2 is 1.89 bits per heavy atom. The fourth-order valence-electron chi connectivity index (χ4n) is 3.06. The van der Waals surface area contributed by atoms with Crippen molar-refractivity contribution in [2.24, 2.45) is 5.92 Å². The van der Waals surface area contributed by atoms with Gasteiger partial charge < -0.3 is 24.3 Å². The maximum atomic E-state index is 12.5. The minimum absolute atomic E-state index is 0.151. The summed E-state index contributed by atoms with van der Waals surface area (Å²) in [5.41, 5.74) is 1.37. The third kappa shape index (κ3) is 3.84. The van der Waals surface area contributed by atoms with Gasteiger partial charge in [0.1, 0.15) is 12.4 Å². The van der Waals surface area contributed by atoms with E-state index < -0.39 is 23.9 Å². The van der Waals surface area contributed by atoms with Crippen molar-refractivity contribution in [3.8, 4) is 17.2 Å². The molecule has 28 heavy (non-hydrogen) atoms. The summed E-state index contributed by atoms with van der Waals surface area (Å²) in [7, 11) is 0. The summed E-state index contributed by atoms with van der Waals surface area (Å²) in [6.45, 7) is 1.87. The number of carbonyl (C=O) groups excluding carboxylic acids is 2. The van der Waals surface area contributed by atoms with Crippen molar-refractivity contribution in [3.63, 3.8) is 0 Å². The number of nitrogens with one attached hydrogen (secondary N) is 1.